The Labute approximate surface area is 101 Å². The molecule has 0 nitrogen and oxygen atoms in total. The van der Waals surface area contributed by atoms with Gasteiger partial charge in [0.1, 0.15) is 0 Å². The van der Waals surface area contributed by atoms with Crippen LogP contribution in [-0.2, 0) is 0 Å². The second kappa shape index (κ2) is 10.7. The Morgan fingerprint density at radius 2 is 0.750 bits per heavy atom. The fourth-order valence-corrected chi connectivity index (χ4v) is 2.06. The van der Waals surface area contributed by atoms with Crippen LogP contribution in [0.1, 0.15) is 64.2 Å². The summed E-state index contributed by atoms with van der Waals surface area (Å²) < 4.78 is 0. The van der Waals surface area contributed by atoms with E-state index in [1.807, 2.05) is 0 Å². The van der Waals surface area contributed by atoms with E-state index in [0.29, 0.717) is 0 Å². The maximum Gasteiger partial charge on any atom is -0.0348 e. The highest BCUT2D eigenvalue weighted by molar-refractivity contribution is 5.10. The Morgan fingerprint density at radius 1 is 0.375 bits per heavy atom. The summed E-state index contributed by atoms with van der Waals surface area (Å²) in [4.78, 5) is 0. The molecule has 0 unspecified atom stereocenters. The maximum atomic E-state index is 2.29. The van der Waals surface area contributed by atoms with Crippen LogP contribution in [0.3, 0.4) is 0 Å². The highest BCUT2D eigenvalue weighted by atomic mass is 14.0. The van der Waals surface area contributed by atoms with E-state index >= 15 is 0 Å². The quantitative estimate of drug-likeness (QED) is 0.498. The first-order valence-corrected chi connectivity index (χ1v) is 6.98. The van der Waals surface area contributed by atoms with Crippen LogP contribution in [0.5, 0.6) is 0 Å². The number of rotatable bonds is 0. The van der Waals surface area contributed by atoms with Gasteiger partial charge >= 0.3 is 0 Å². The summed E-state index contributed by atoms with van der Waals surface area (Å²) in [5.41, 5.74) is 0. The van der Waals surface area contributed by atoms with Crippen LogP contribution in [-0.4, -0.2) is 0 Å². The molecular weight excluding hydrogens is 192 g/mol. The zero-order valence-corrected chi connectivity index (χ0v) is 10.5. The van der Waals surface area contributed by atoms with Crippen molar-refractivity contribution in [3.8, 4) is 0 Å². The summed E-state index contributed by atoms with van der Waals surface area (Å²) in [5, 5.41) is 0. The molecule has 0 spiro atoms. The van der Waals surface area contributed by atoms with E-state index in [-0.39, 0.29) is 0 Å². The first-order chi connectivity index (χ1) is 8.00. The molecule has 0 saturated carbocycles. The molecule has 16 heavy (non-hydrogen) atoms. The van der Waals surface area contributed by atoms with Crippen molar-refractivity contribution in [3.63, 3.8) is 0 Å². The molecule has 0 bridgehead atoms. The maximum absolute atomic E-state index is 2.29. The molecule has 1 aliphatic carbocycles. The minimum absolute atomic E-state index is 1.24. The van der Waals surface area contributed by atoms with Crippen LogP contribution in [0.2, 0.25) is 0 Å². The van der Waals surface area contributed by atoms with Crippen LogP contribution in [0.25, 0.3) is 0 Å². The van der Waals surface area contributed by atoms with Gasteiger partial charge in [-0.05, 0) is 25.7 Å². The Balaban J connectivity index is 2.23. The lowest BCUT2D eigenvalue weighted by molar-refractivity contribution is 0.571. The van der Waals surface area contributed by atoms with Crippen molar-refractivity contribution in [2.45, 2.75) is 64.2 Å². The molecule has 1 rings (SSSR count). The molecule has 90 valence electrons. The van der Waals surface area contributed by atoms with Gasteiger partial charge < -0.3 is 0 Å². The molecule has 0 amide bonds. The highest BCUT2D eigenvalue weighted by Gasteiger charge is 1.91. The van der Waals surface area contributed by atoms with Gasteiger partial charge in [0.15, 0.2) is 0 Å². The van der Waals surface area contributed by atoms with Crippen molar-refractivity contribution in [2.24, 2.45) is 0 Å². The van der Waals surface area contributed by atoms with Crippen molar-refractivity contribution >= 4 is 0 Å². The third kappa shape index (κ3) is 8.52. The SMILES string of the molecule is C1=C\CCCCCCCCCC/C=C/C=C/1. The molecule has 0 saturated heterocycles. The summed E-state index contributed by atoms with van der Waals surface area (Å²) >= 11 is 0. The van der Waals surface area contributed by atoms with E-state index in [1.165, 1.54) is 64.2 Å². The third-order valence-electron chi connectivity index (χ3n) is 3.10. The molecular formula is C16H26. The molecule has 0 N–H and O–H groups in total. The summed E-state index contributed by atoms with van der Waals surface area (Å²) in [6.45, 7) is 0. The van der Waals surface area contributed by atoms with Crippen LogP contribution >= 0.6 is 0 Å². The van der Waals surface area contributed by atoms with Crippen molar-refractivity contribution in [1.82, 2.24) is 0 Å². The molecule has 0 heteroatoms. The van der Waals surface area contributed by atoms with Crippen LogP contribution in [0, 0.1) is 0 Å². The largest absolute Gasteiger partial charge is 0.0845 e. The fraction of sp³-hybridized carbons (Fsp3) is 0.625. The summed E-state index contributed by atoms with van der Waals surface area (Å²) in [6.07, 6.45) is 27.0. The van der Waals surface area contributed by atoms with Crippen LogP contribution in [0.4, 0.5) is 0 Å². The van der Waals surface area contributed by atoms with Crippen LogP contribution in [0.15, 0.2) is 36.5 Å². The molecule has 0 aromatic rings. The van der Waals surface area contributed by atoms with E-state index in [9.17, 15) is 0 Å². The number of hydrogen-bond acceptors (Lipinski definition) is 0. The molecule has 0 heterocycles. The molecule has 1 aliphatic rings. The van der Waals surface area contributed by atoms with Gasteiger partial charge in [-0.15, -0.1) is 0 Å². The van der Waals surface area contributed by atoms with E-state index < -0.39 is 0 Å². The van der Waals surface area contributed by atoms with Gasteiger partial charge in [0, 0.05) is 0 Å². The van der Waals surface area contributed by atoms with Gasteiger partial charge in [-0.3, -0.25) is 0 Å². The Bertz CT molecular complexity index is 196. The molecule has 0 atom stereocenters. The second-order valence-electron chi connectivity index (χ2n) is 4.65. The van der Waals surface area contributed by atoms with Crippen molar-refractivity contribution in [3.05, 3.63) is 36.5 Å². The predicted octanol–water partition coefficient (Wildman–Crippen LogP) is 5.57. The van der Waals surface area contributed by atoms with Gasteiger partial charge in [0.2, 0.25) is 0 Å². The first kappa shape index (κ1) is 13.3. The molecule has 0 aromatic carbocycles. The lowest BCUT2D eigenvalue weighted by Crippen LogP contribution is -1.81. The summed E-state index contributed by atoms with van der Waals surface area (Å²) in [6, 6.07) is 0. The van der Waals surface area contributed by atoms with E-state index in [4.69, 9.17) is 0 Å². The minimum atomic E-state index is 1.24. The molecule has 0 radical (unpaired) electrons. The Morgan fingerprint density at radius 3 is 1.19 bits per heavy atom. The molecule has 0 fully saturated rings. The average Bonchev–Trinajstić information content (AvgIpc) is 2.29. The summed E-state index contributed by atoms with van der Waals surface area (Å²) in [5.74, 6) is 0. The van der Waals surface area contributed by atoms with Crippen molar-refractivity contribution < 1.29 is 0 Å². The minimum Gasteiger partial charge on any atom is -0.0845 e. The highest BCUT2D eigenvalue weighted by Crippen LogP contribution is 2.11. The topological polar surface area (TPSA) is 0 Å². The Kier molecular flexibility index (Phi) is 8.91. The van der Waals surface area contributed by atoms with Gasteiger partial charge in [-0.2, -0.15) is 0 Å². The number of hydrogen-bond donors (Lipinski definition) is 0. The van der Waals surface area contributed by atoms with Gasteiger partial charge in [0.05, 0.1) is 0 Å². The van der Waals surface area contributed by atoms with Gasteiger partial charge in [0.25, 0.3) is 0 Å². The summed E-state index contributed by atoms with van der Waals surface area (Å²) in [7, 11) is 0. The van der Waals surface area contributed by atoms with Crippen molar-refractivity contribution in [2.75, 3.05) is 0 Å². The Hall–Kier alpha value is -0.780. The van der Waals surface area contributed by atoms with E-state index in [0.717, 1.165) is 0 Å². The first-order valence-electron chi connectivity index (χ1n) is 6.98. The van der Waals surface area contributed by atoms with Crippen molar-refractivity contribution in [1.29, 1.82) is 0 Å². The van der Waals surface area contributed by atoms with E-state index in [1.54, 1.807) is 0 Å². The smallest absolute Gasteiger partial charge is 0.0348 e. The number of allylic oxidation sites excluding steroid dienone is 6. The average molecular weight is 218 g/mol. The lowest BCUT2D eigenvalue weighted by atomic mass is 10.1. The van der Waals surface area contributed by atoms with E-state index in [2.05, 4.69) is 36.5 Å². The van der Waals surface area contributed by atoms with Gasteiger partial charge in [-0.1, -0.05) is 75.0 Å². The molecule has 0 aromatic heterocycles. The van der Waals surface area contributed by atoms with Gasteiger partial charge in [-0.25, -0.2) is 0 Å². The monoisotopic (exact) mass is 218 g/mol. The fourth-order valence-electron chi connectivity index (χ4n) is 2.06. The zero-order valence-electron chi connectivity index (χ0n) is 10.5. The standard InChI is InChI=1S/C16H26/c1-2-4-6-8-10-12-14-16-15-13-11-9-7-5-3-1/h1-6H,7-16H2/b2-1+,5-3-,6-4+. The lowest BCUT2D eigenvalue weighted by Gasteiger charge is -2.00. The zero-order chi connectivity index (χ0) is 11.3. The molecule has 0 aliphatic heterocycles. The third-order valence-corrected chi connectivity index (χ3v) is 3.10. The normalized spacial score (nSPS) is 27.0. The van der Waals surface area contributed by atoms with Crippen LogP contribution < -0.4 is 0 Å². The second-order valence-corrected chi connectivity index (χ2v) is 4.65. The predicted molar refractivity (Wildman–Crippen MR) is 73.6 cm³/mol.